The van der Waals surface area contributed by atoms with E-state index in [0.717, 1.165) is 19.3 Å². The molecule has 2 heteroatoms. The molecule has 2 nitrogen and oxygen atoms in total. The number of rotatable bonds is 14. The van der Waals surface area contributed by atoms with E-state index in [4.69, 9.17) is 4.74 Å². The fraction of sp³-hybridized carbons (Fsp3) is 0.765. The van der Waals surface area contributed by atoms with Crippen molar-refractivity contribution >= 4 is 5.97 Å². The van der Waals surface area contributed by atoms with Crippen molar-refractivity contribution in [3.63, 3.8) is 0 Å². The zero-order chi connectivity index (χ0) is 14.2. The molecule has 19 heavy (non-hydrogen) atoms. The molecule has 0 amide bonds. The van der Waals surface area contributed by atoms with E-state index in [1.165, 1.54) is 63.9 Å². The lowest BCUT2D eigenvalue weighted by Gasteiger charge is -2.03. The number of carbonyl (C=O) groups is 1. The van der Waals surface area contributed by atoms with Crippen molar-refractivity contribution < 1.29 is 9.53 Å². The van der Waals surface area contributed by atoms with E-state index in [0.29, 0.717) is 6.61 Å². The van der Waals surface area contributed by atoms with E-state index in [9.17, 15) is 4.79 Å². The second-order valence-corrected chi connectivity index (χ2v) is 5.11. The summed E-state index contributed by atoms with van der Waals surface area (Å²) in [6.45, 7) is 7.76. The van der Waals surface area contributed by atoms with Gasteiger partial charge in [-0.25, -0.2) is 4.79 Å². The molecule has 0 saturated heterocycles. The average Bonchev–Trinajstić information content (AvgIpc) is 2.43. The molecule has 0 saturated carbocycles. The molecule has 0 aromatic carbocycles. The largest absolute Gasteiger partial charge is 0.463 e. The fourth-order valence-electron chi connectivity index (χ4n) is 2.10. The van der Waals surface area contributed by atoms with Gasteiger partial charge in [0.05, 0.1) is 6.61 Å². The van der Waals surface area contributed by atoms with E-state index in [1.54, 1.807) is 0 Å². The molecule has 0 aromatic heterocycles. The van der Waals surface area contributed by atoms with Crippen LogP contribution in [0.2, 0.25) is 0 Å². The molecule has 0 spiro atoms. The maximum atomic E-state index is 10.8. The van der Waals surface area contributed by atoms with Crippen molar-refractivity contribution in [3.8, 4) is 0 Å². The van der Waals surface area contributed by atoms with Crippen LogP contribution < -0.4 is 0 Å². The van der Waals surface area contributed by atoms with Gasteiger partial charge in [-0.15, -0.1) is 0 Å². The average molecular weight is 267 g/mol. The minimum atomic E-state index is -0.307. The summed E-state index contributed by atoms with van der Waals surface area (Å²) in [5.41, 5.74) is 0. The first kappa shape index (κ1) is 18.2. The van der Waals surface area contributed by atoms with Crippen LogP contribution in [0.4, 0.5) is 0 Å². The fourth-order valence-corrected chi connectivity index (χ4v) is 2.10. The third kappa shape index (κ3) is 15.2. The molecule has 0 heterocycles. The van der Waals surface area contributed by atoms with Crippen molar-refractivity contribution in [1.29, 1.82) is 0 Å². The van der Waals surface area contributed by atoms with Crippen LogP contribution in [0.15, 0.2) is 12.7 Å². The zero-order valence-electron chi connectivity index (χ0n) is 12.5. The lowest BCUT2D eigenvalue weighted by atomic mass is 10.1. The Morgan fingerprint density at radius 2 is 1.21 bits per heavy atom. The summed E-state index contributed by atoms with van der Waals surface area (Å²) in [4.78, 5) is 10.8. The summed E-state index contributed by atoms with van der Waals surface area (Å²) in [6, 6.07) is 0. The van der Waals surface area contributed by atoms with Gasteiger partial charge in [0.15, 0.2) is 0 Å². The second kappa shape index (κ2) is 15.3. The van der Waals surface area contributed by atoms with Crippen LogP contribution in [0.25, 0.3) is 0 Å². The Morgan fingerprint density at radius 1 is 0.789 bits per heavy atom. The van der Waals surface area contributed by atoms with Crippen LogP contribution in [0.3, 0.4) is 0 Å². The number of esters is 1. The van der Waals surface area contributed by atoms with Crippen LogP contribution in [0.1, 0.15) is 77.0 Å². The van der Waals surface area contributed by atoms with E-state index in [2.05, 4.69) is 13.5 Å². The van der Waals surface area contributed by atoms with Gasteiger partial charge in [-0.2, -0.15) is 0 Å². The summed E-state index contributed by atoms with van der Waals surface area (Å²) < 4.78 is 4.92. The topological polar surface area (TPSA) is 26.3 Å². The van der Waals surface area contributed by atoms with Crippen molar-refractivity contribution in [2.45, 2.75) is 77.0 Å². The lowest BCUT2D eigenvalue weighted by molar-refractivity contribution is -0.137. The van der Waals surface area contributed by atoms with Gasteiger partial charge in [0.25, 0.3) is 0 Å². The van der Waals surface area contributed by atoms with Crippen molar-refractivity contribution in [1.82, 2.24) is 0 Å². The predicted molar refractivity (Wildman–Crippen MR) is 81.9 cm³/mol. The molecule has 1 radical (unpaired) electrons. The van der Waals surface area contributed by atoms with Crippen LogP contribution in [0, 0.1) is 6.92 Å². The maximum absolute atomic E-state index is 10.8. The Kier molecular flexibility index (Phi) is 14.6. The minimum Gasteiger partial charge on any atom is -0.463 e. The Labute approximate surface area is 119 Å². The van der Waals surface area contributed by atoms with Crippen LogP contribution in [0.5, 0.6) is 0 Å². The van der Waals surface area contributed by atoms with Gasteiger partial charge < -0.3 is 4.74 Å². The van der Waals surface area contributed by atoms with Gasteiger partial charge in [0, 0.05) is 6.08 Å². The Hall–Kier alpha value is -0.790. The number of unbranched alkanes of at least 4 members (excludes halogenated alkanes) is 11. The Bertz CT molecular complexity index is 211. The van der Waals surface area contributed by atoms with Gasteiger partial charge in [-0.3, -0.25) is 0 Å². The normalized spacial score (nSPS) is 10.4. The molecule has 111 valence electrons. The van der Waals surface area contributed by atoms with Crippen molar-refractivity contribution in [2.24, 2.45) is 0 Å². The third-order valence-corrected chi connectivity index (χ3v) is 3.31. The Morgan fingerprint density at radius 3 is 1.63 bits per heavy atom. The summed E-state index contributed by atoms with van der Waals surface area (Å²) in [7, 11) is 0. The van der Waals surface area contributed by atoms with E-state index in [1.807, 2.05) is 0 Å². The number of hydrogen-bond donors (Lipinski definition) is 0. The SMILES string of the molecule is [CH2]CCCCCCCCCCCCCOC(=O)C=C. The molecule has 0 atom stereocenters. The van der Waals surface area contributed by atoms with Crippen molar-refractivity contribution in [3.05, 3.63) is 19.6 Å². The highest BCUT2D eigenvalue weighted by Crippen LogP contribution is 2.11. The standard InChI is InChI=1S/C17H31O2/c1-3-5-6-7-8-9-10-11-12-13-14-15-16-19-17(18)4-2/h4H,1-3,5-16H2. The zero-order valence-corrected chi connectivity index (χ0v) is 12.5. The van der Waals surface area contributed by atoms with Gasteiger partial charge in [0.2, 0.25) is 0 Å². The van der Waals surface area contributed by atoms with Gasteiger partial charge in [-0.05, 0) is 6.42 Å². The first-order valence-electron chi connectivity index (χ1n) is 7.89. The number of ether oxygens (including phenoxy) is 1. The summed E-state index contributed by atoms with van der Waals surface area (Å²) in [6.07, 6.45) is 16.5. The molecule has 0 N–H and O–H groups in total. The Balaban J connectivity index is 2.99. The quantitative estimate of drug-likeness (QED) is 0.245. The lowest BCUT2D eigenvalue weighted by Crippen LogP contribution is -2.01. The minimum absolute atomic E-state index is 0.307. The highest BCUT2D eigenvalue weighted by molar-refractivity contribution is 5.81. The second-order valence-electron chi connectivity index (χ2n) is 5.11. The highest BCUT2D eigenvalue weighted by atomic mass is 16.5. The van der Waals surface area contributed by atoms with Crippen LogP contribution in [-0.2, 0) is 9.53 Å². The predicted octanol–water partition coefficient (Wildman–Crippen LogP) is 5.23. The number of hydrogen-bond acceptors (Lipinski definition) is 2. The van der Waals surface area contributed by atoms with E-state index >= 15 is 0 Å². The number of carbonyl (C=O) groups excluding carboxylic acids is 1. The third-order valence-electron chi connectivity index (χ3n) is 3.31. The van der Waals surface area contributed by atoms with E-state index < -0.39 is 0 Å². The smallest absolute Gasteiger partial charge is 0.330 e. The molecule has 0 fully saturated rings. The van der Waals surface area contributed by atoms with Gasteiger partial charge in [-0.1, -0.05) is 84.1 Å². The van der Waals surface area contributed by atoms with Crippen molar-refractivity contribution in [2.75, 3.05) is 6.61 Å². The van der Waals surface area contributed by atoms with Crippen LogP contribution >= 0.6 is 0 Å². The molecule has 0 unspecified atom stereocenters. The molecular weight excluding hydrogens is 236 g/mol. The summed E-state index contributed by atoms with van der Waals surface area (Å²) in [5.74, 6) is -0.307. The molecular formula is C17H31O2. The highest BCUT2D eigenvalue weighted by Gasteiger charge is 1.96. The maximum Gasteiger partial charge on any atom is 0.330 e. The van der Waals surface area contributed by atoms with Gasteiger partial charge in [0.1, 0.15) is 0 Å². The van der Waals surface area contributed by atoms with Crippen LogP contribution in [-0.4, -0.2) is 12.6 Å². The molecule has 0 aromatic rings. The molecule has 0 aliphatic heterocycles. The molecule has 0 rings (SSSR count). The molecule has 0 aliphatic rings. The first-order chi connectivity index (χ1) is 9.31. The first-order valence-corrected chi connectivity index (χ1v) is 7.89. The molecule has 0 bridgehead atoms. The van der Waals surface area contributed by atoms with E-state index in [-0.39, 0.29) is 5.97 Å². The monoisotopic (exact) mass is 267 g/mol. The van der Waals surface area contributed by atoms with Gasteiger partial charge >= 0.3 is 5.97 Å². The summed E-state index contributed by atoms with van der Waals surface area (Å²) >= 11 is 0. The summed E-state index contributed by atoms with van der Waals surface area (Å²) in [5, 5.41) is 0. The molecule has 0 aliphatic carbocycles.